The Bertz CT molecular complexity index is 413. The highest BCUT2D eigenvalue weighted by molar-refractivity contribution is 5.94. The van der Waals surface area contributed by atoms with Crippen LogP contribution in [0.2, 0.25) is 0 Å². The molecule has 0 unspecified atom stereocenters. The minimum Gasteiger partial charge on any atom is -0.409 e. The van der Waals surface area contributed by atoms with Gasteiger partial charge in [0.15, 0.2) is 0 Å². The first-order chi connectivity index (χ1) is 8.67. The van der Waals surface area contributed by atoms with E-state index < -0.39 is 0 Å². The van der Waals surface area contributed by atoms with Crippen molar-refractivity contribution < 1.29 is 10.0 Å². The van der Waals surface area contributed by atoms with Gasteiger partial charge in [-0.15, -0.1) is 0 Å². The first kappa shape index (κ1) is 14.0. The molecule has 4 N–H and O–H groups in total. The SMILES string of the molecule is CCc1ccc(C(=O)NCCCC(N)=NO)cc1. The lowest BCUT2D eigenvalue weighted by molar-refractivity contribution is 0.0953. The number of hydrogen-bond donors (Lipinski definition) is 3. The number of carbonyl (C=O) groups excluding carboxylic acids is 1. The number of carbonyl (C=O) groups is 1. The van der Waals surface area contributed by atoms with E-state index in [9.17, 15) is 4.79 Å². The van der Waals surface area contributed by atoms with E-state index in [0.29, 0.717) is 24.9 Å². The molecular weight excluding hydrogens is 230 g/mol. The summed E-state index contributed by atoms with van der Waals surface area (Å²) in [5.74, 6) is 0.0775. The summed E-state index contributed by atoms with van der Waals surface area (Å²) in [5.41, 5.74) is 7.18. The van der Waals surface area contributed by atoms with Crippen molar-refractivity contribution in [2.24, 2.45) is 10.9 Å². The average molecular weight is 249 g/mol. The number of nitrogens with two attached hydrogens (primary N) is 1. The standard InChI is InChI=1S/C13H19N3O2/c1-2-10-5-7-11(8-6-10)13(17)15-9-3-4-12(14)16-18/h5-8,18H,2-4,9H2,1H3,(H2,14,16)(H,15,17). The first-order valence-corrected chi connectivity index (χ1v) is 6.01. The maximum atomic E-state index is 11.7. The molecule has 0 aliphatic heterocycles. The van der Waals surface area contributed by atoms with Crippen LogP contribution in [-0.4, -0.2) is 23.5 Å². The molecule has 0 bridgehead atoms. The quantitative estimate of drug-likeness (QED) is 0.235. The van der Waals surface area contributed by atoms with Gasteiger partial charge in [0.2, 0.25) is 0 Å². The molecule has 0 saturated heterocycles. The number of amides is 1. The molecule has 1 aromatic carbocycles. The third-order valence-electron chi connectivity index (χ3n) is 2.65. The molecule has 0 radical (unpaired) electrons. The highest BCUT2D eigenvalue weighted by atomic mass is 16.4. The molecule has 0 aliphatic rings. The molecular formula is C13H19N3O2. The van der Waals surface area contributed by atoms with E-state index in [0.717, 1.165) is 6.42 Å². The van der Waals surface area contributed by atoms with Gasteiger partial charge in [0.1, 0.15) is 5.84 Å². The fourth-order valence-electron chi connectivity index (χ4n) is 1.52. The summed E-state index contributed by atoms with van der Waals surface area (Å²) in [5, 5.41) is 14.0. The molecule has 0 fully saturated rings. The predicted octanol–water partition coefficient (Wildman–Crippen LogP) is 1.51. The number of aryl methyl sites for hydroxylation is 1. The van der Waals surface area contributed by atoms with Crippen LogP contribution in [0.3, 0.4) is 0 Å². The minimum absolute atomic E-state index is 0.0999. The van der Waals surface area contributed by atoms with Gasteiger partial charge in [-0.3, -0.25) is 4.79 Å². The third-order valence-corrected chi connectivity index (χ3v) is 2.65. The Balaban J connectivity index is 2.36. The molecule has 1 rings (SSSR count). The van der Waals surface area contributed by atoms with Crippen molar-refractivity contribution in [1.82, 2.24) is 5.32 Å². The van der Waals surface area contributed by atoms with Crippen molar-refractivity contribution in [3.63, 3.8) is 0 Å². The van der Waals surface area contributed by atoms with Crippen LogP contribution in [0.1, 0.15) is 35.7 Å². The summed E-state index contributed by atoms with van der Waals surface area (Å²) in [4.78, 5) is 11.7. The van der Waals surface area contributed by atoms with Crippen LogP contribution in [0.5, 0.6) is 0 Å². The number of rotatable bonds is 6. The molecule has 0 aromatic heterocycles. The normalized spacial score (nSPS) is 11.3. The number of oxime groups is 1. The summed E-state index contributed by atoms with van der Waals surface area (Å²) < 4.78 is 0. The Labute approximate surface area is 107 Å². The zero-order valence-electron chi connectivity index (χ0n) is 10.5. The molecule has 1 amide bonds. The first-order valence-electron chi connectivity index (χ1n) is 6.01. The molecule has 5 nitrogen and oxygen atoms in total. The van der Waals surface area contributed by atoms with Crippen molar-refractivity contribution in [1.29, 1.82) is 0 Å². The lowest BCUT2D eigenvalue weighted by Gasteiger charge is -2.05. The topological polar surface area (TPSA) is 87.7 Å². The second-order valence-corrected chi connectivity index (χ2v) is 4.00. The van der Waals surface area contributed by atoms with Crippen molar-refractivity contribution in [2.45, 2.75) is 26.2 Å². The summed E-state index contributed by atoms with van der Waals surface area (Å²) in [7, 11) is 0. The van der Waals surface area contributed by atoms with Gasteiger partial charge >= 0.3 is 0 Å². The van der Waals surface area contributed by atoms with Crippen LogP contribution in [-0.2, 0) is 6.42 Å². The van der Waals surface area contributed by atoms with Gasteiger partial charge in [-0.2, -0.15) is 0 Å². The second kappa shape index (κ2) is 7.32. The van der Waals surface area contributed by atoms with Gasteiger partial charge in [0, 0.05) is 18.5 Å². The maximum Gasteiger partial charge on any atom is 0.251 e. The van der Waals surface area contributed by atoms with Crippen molar-refractivity contribution in [2.75, 3.05) is 6.54 Å². The molecule has 18 heavy (non-hydrogen) atoms. The average Bonchev–Trinajstić information content (AvgIpc) is 2.43. The van der Waals surface area contributed by atoms with E-state index in [2.05, 4.69) is 17.4 Å². The van der Waals surface area contributed by atoms with E-state index in [4.69, 9.17) is 10.9 Å². The summed E-state index contributed by atoms with van der Waals surface area (Å²) >= 11 is 0. The number of hydrogen-bond acceptors (Lipinski definition) is 3. The van der Waals surface area contributed by atoms with Crippen LogP contribution < -0.4 is 11.1 Å². The molecule has 98 valence electrons. The highest BCUT2D eigenvalue weighted by Crippen LogP contribution is 2.04. The Morgan fingerprint density at radius 1 is 1.39 bits per heavy atom. The monoisotopic (exact) mass is 249 g/mol. The molecule has 1 aromatic rings. The second-order valence-electron chi connectivity index (χ2n) is 4.00. The number of nitrogens with zero attached hydrogens (tertiary/aromatic N) is 1. The lowest BCUT2D eigenvalue weighted by Crippen LogP contribution is -2.25. The number of benzene rings is 1. The molecule has 0 saturated carbocycles. The van der Waals surface area contributed by atoms with E-state index in [-0.39, 0.29) is 11.7 Å². The number of amidine groups is 1. The maximum absolute atomic E-state index is 11.7. The number of nitrogens with one attached hydrogen (secondary N) is 1. The van der Waals surface area contributed by atoms with Gasteiger partial charge < -0.3 is 16.3 Å². The Morgan fingerprint density at radius 3 is 2.61 bits per heavy atom. The molecule has 0 atom stereocenters. The van der Waals surface area contributed by atoms with Gasteiger partial charge in [0.25, 0.3) is 5.91 Å². The van der Waals surface area contributed by atoms with Crippen LogP contribution in [0.4, 0.5) is 0 Å². The largest absolute Gasteiger partial charge is 0.409 e. The van der Waals surface area contributed by atoms with E-state index in [1.807, 2.05) is 24.3 Å². The van der Waals surface area contributed by atoms with Crippen LogP contribution in [0.25, 0.3) is 0 Å². The smallest absolute Gasteiger partial charge is 0.251 e. The Hall–Kier alpha value is -2.04. The van der Waals surface area contributed by atoms with Crippen LogP contribution in [0, 0.1) is 0 Å². The lowest BCUT2D eigenvalue weighted by atomic mass is 10.1. The Morgan fingerprint density at radius 2 is 2.06 bits per heavy atom. The highest BCUT2D eigenvalue weighted by Gasteiger charge is 2.04. The van der Waals surface area contributed by atoms with Crippen molar-refractivity contribution in [3.8, 4) is 0 Å². The van der Waals surface area contributed by atoms with Crippen LogP contribution >= 0.6 is 0 Å². The van der Waals surface area contributed by atoms with Gasteiger partial charge in [-0.05, 0) is 30.5 Å². The molecule has 0 aliphatic carbocycles. The Kier molecular flexibility index (Phi) is 5.70. The van der Waals surface area contributed by atoms with Crippen LogP contribution in [0.15, 0.2) is 29.4 Å². The molecule has 0 spiro atoms. The summed E-state index contributed by atoms with van der Waals surface area (Å²) in [6, 6.07) is 7.53. The van der Waals surface area contributed by atoms with Crippen molar-refractivity contribution in [3.05, 3.63) is 35.4 Å². The van der Waals surface area contributed by atoms with E-state index >= 15 is 0 Å². The third kappa shape index (κ3) is 4.45. The summed E-state index contributed by atoms with van der Waals surface area (Å²) in [6.07, 6.45) is 2.07. The van der Waals surface area contributed by atoms with E-state index in [1.165, 1.54) is 5.56 Å². The van der Waals surface area contributed by atoms with Crippen molar-refractivity contribution >= 4 is 11.7 Å². The van der Waals surface area contributed by atoms with Gasteiger partial charge in [0.05, 0.1) is 0 Å². The minimum atomic E-state index is -0.0999. The summed E-state index contributed by atoms with van der Waals surface area (Å²) in [6.45, 7) is 2.58. The zero-order chi connectivity index (χ0) is 13.4. The van der Waals surface area contributed by atoms with Gasteiger partial charge in [-0.1, -0.05) is 24.2 Å². The molecule has 5 heteroatoms. The van der Waals surface area contributed by atoms with E-state index in [1.54, 1.807) is 0 Å². The fraction of sp³-hybridized carbons (Fsp3) is 0.385. The fourth-order valence-corrected chi connectivity index (χ4v) is 1.52. The molecule has 0 heterocycles. The predicted molar refractivity (Wildman–Crippen MR) is 70.8 cm³/mol. The zero-order valence-corrected chi connectivity index (χ0v) is 10.5. The van der Waals surface area contributed by atoms with Gasteiger partial charge in [-0.25, -0.2) is 0 Å².